The van der Waals surface area contributed by atoms with Gasteiger partial charge in [0.2, 0.25) is 5.91 Å². The van der Waals surface area contributed by atoms with Gasteiger partial charge in [0.05, 0.1) is 22.9 Å². The number of rotatable bonds is 18. The van der Waals surface area contributed by atoms with E-state index < -0.39 is 31.1 Å². The number of hydrogen-bond donors (Lipinski definition) is 4. The Morgan fingerprint density at radius 1 is 1.02 bits per heavy atom. The van der Waals surface area contributed by atoms with E-state index >= 15 is 0 Å². The lowest BCUT2D eigenvalue weighted by Gasteiger charge is -2.12. The van der Waals surface area contributed by atoms with Crippen molar-refractivity contribution in [2.45, 2.75) is 45.4 Å². The summed E-state index contributed by atoms with van der Waals surface area (Å²) in [7, 11) is 1.64. The van der Waals surface area contributed by atoms with Gasteiger partial charge in [-0.25, -0.2) is 9.78 Å². The lowest BCUT2D eigenvalue weighted by atomic mass is 10.0. The van der Waals surface area contributed by atoms with E-state index in [-0.39, 0.29) is 5.91 Å². The Hall–Kier alpha value is -4.78. The van der Waals surface area contributed by atoms with Crippen LogP contribution in [-0.4, -0.2) is 70.5 Å². The Morgan fingerprint density at radius 2 is 1.77 bits per heavy atom. The molecule has 0 aliphatic heterocycles. The van der Waals surface area contributed by atoms with Gasteiger partial charge >= 0.3 is 5.97 Å². The number of methoxy groups -OCH3 is 1. The monoisotopic (exact) mass is 660 g/mol. The molecule has 248 valence electrons. The highest BCUT2D eigenvalue weighted by Crippen LogP contribution is 2.41. The van der Waals surface area contributed by atoms with Gasteiger partial charge in [-0.05, 0) is 60.0 Å². The maximum Gasteiger partial charge on any atom is 0.328 e. The SMILES string of the molecule is CCCCCCNC(=O)/C=C/c1ccc(-c2sc(-c3cccn3COC)nc2-c2ccc(OCC(=O)NC(CO)C(=O)O)cc2)cc1. The standard InChI is InChI=1S/C35H40N4O7S/c1-3-4-5-6-19-36-30(41)18-11-24-9-12-26(13-10-24)33-32(38-34(47-33)29-8-7-20-39(29)23-45-2)25-14-16-27(17-15-25)46-22-31(42)37-28(21-40)35(43)44/h7-18,20,28,40H,3-6,19,21-23H2,1-2H3,(H,36,41)(H,37,42)(H,43,44)/b18-11+. The highest BCUT2D eigenvalue weighted by atomic mass is 32.1. The summed E-state index contributed by atoms with van der Waals surface area (Å²) in [5.41, 5.74) is 4.36. The molecule has 2 heterocycles. The first-order valence-corrected chi connectivity index (χ1v) is 16.2. The number of thiazole rings is 1. The van der Waals surface area contributed by atoms with Crippen LogP contribution in [0.15, 0.2) is 72.9 Å². The van der Waals surface area contributed by atoms with Crippen molar-refractivity contribution in [3.05, 3.63) is 78.5 Å². The molecule has 12 heteroatoms. The van der Waals surface area contributed by atoms with Crippen molar-refractivity contribution in [1.29, 1.82) is 0 Å². The van der Waals surface area contributed by atoms with Gasteiger partial charge in [-0.3, -0.25) is 9.59 Å². The molecule has 2 aromatic heterocycles. The molecule has 0 bridgehead atoms. The fourth-order valence-corrected chi connectivity index (χ4v) is 5.83. The van der Waals surface area contributed by atoms with Crippen LogP contribution in [0, 0.1) is 0 Å². The molecule has 0 radical (unpaired) electrons. The fraction of sp³-hybridized carbons (Fsp3) is 0.314. The second-order valence-electron chi connectivity index (χ2n) is 10.7. The molecule has 4 rings (SSSR count). The number of carboxylic acids is 1. The minimum atomic E-state index is -1.40. The zero-order valence-corrected chi connectivity index (χ0v) is 27.3. The van der Waals surface area contributed by atoms with Crippen LogP contribution in [0.3, 0.4) is 0 Å². The summed E-state index contributed by atoms with van der Waals surface area (Å²) in [6, 6.07) is 17.6. The molecule has 4 aromatic rings. The van der Waals surface area contributed by atoms with Crippen LogP contribution in [0.4, 0.5) is 0 Å². The van der Waals surface area contributed by atoms with Crippen molar-refractivity contribution >= 4 is 35.2 Å². The molecule has 11 nitrogen and oxygen atoms in total. The molecule has 2 amide bonds. The highest BCUT2D eigenvalue weighted by molar-refractivity contribution is 7.18. The molecular weight excluding hydrogens is 620 g/mol. The first kappa shape index (κ1) is 35.1. The number of unbranched alkanes of at least 4 members (excludes halogenated alkanes) is 3. The van der Waals surface area contributed by atoms with Crippen LogP contribution < -0.4 is 15.4 Å². The summed E-state index contributed by atoms with van der Waals surface area (Å²) in [4.78, 5) is 41.3. The molecule has 0 fully saturated rings. The molecule has 0 spiro atoms. The van der Waals surface area contributed by atoms with E-state index in [1.54, 1.807) is 42.7 Å². The summed E-state index contributed by atoms with van der Waals surface area (Å²) >= 11 is 1.55. The molecule has 2 aromatic carbocycles. The van der Waals surface area contributed by atoms with E-state index in [1.165, 1.54) is 6.42 Å². The number of aliphatic hydroxyl groups is 1. The predicted molar refractivity (Wildman–Crippen MR) is 182 cm³/mol. The molecule has 0 aliphatic rings. The van der Waals surface area contributed by atoms with Crippen molar-refractivity contribution in [3.63, 3.8) is 0 Å². The van der Waals surface area contributed by atoms with Gasteiger partial charge in [0.1, 0.15) is 23.5 Å². The van der Waals surface area contributed by atoms with Gasteiger partial charge in [0.25, 0.3) is 5.91 Å². The Morgan fingerprint density at radius 3 is 2.45 bits per heavy atom. The molecule has 1 unspecified atom stereocenters. The van der Waals surface area contributed by atoms with Gasteiger partial charge in [-0.15, -0.1) is 11.3 Å². The van der Waals surface area contributed by atoms with Gasteiger partial charge < -0.3 is 34.9 Å². The largest absolute Gasteiger partial charge is 0.484 e. The van der Waals surface area contributed by atoms with Crippen LogP contribution in [0.25, 0.3) is 38.5 Å². The second kappa shape index (κ2) is 17.8. The van der Waals surface area contributed by atoms with Crippen molar-refractivity contribution < 1.29 is 34.1 Å². The average molecular weight is 661 g/mol. The molecular formula is C35H40N4O7S. The van der Waals surface area contributed by atoms with Gasteiger partial charge in [-0.2, -0.15) is 0 Å². The van der Waals surface area contributed by atoms with Gasteiger partial charge in [0, 0.05) is 31.5 Å². The molecule has 0 saturated carbocycles. The summed E-state index contributed by atoms with van der Waals surface area (Å²) < 4.78 is 12.9. The number of benzene rings is 2. The van der Waals surface area contributed by atoms with Crippen LogP contribution in [0.5, 0.6) is 5.75 Å². The number of aliphatic carboxylic acids is 1. The number of aliphatic hydroxyl groups excluding tert-OH is 1. The maximum atomic E-state index is 12.2. The van der Waals surface area contributed by atoms with E-state index in [4.69, 9.17) is 24.7 Å². The maximum absolute atomic E-state index is 12.2. The normalized spacial score (nSPS) is 11.8. The average Bonchev–Trinajstić information content (AvgIpc) is 3.73. The number of carboxylic acid groups (broad SMARTS) is 1. The third kappa shape index (κ3) is 10.1. The zero-order chi connectivity index (χ0) is 33.6. The van der Waals surface area contributed by atoms with Gasteiger partial charge in [0.15, 0.2) is 6.61 Å². The predicted octanol–water partition coefficient (Wildman–Crippen LogP) is 5.20. The summed E-state index contributed by atoms with van der Waals surface area (Å²) in [5.74, 6) is -1.70. The number of amides is 2. The van der Waals surface area contributed by atoms with Crippen molar-refractivity contribution in [2.75, 3.05) is 26.9 Å². The quantitative estimate of drug-likeness (QED) is 0.0840. The van der Waals surface area contributed by atoms with Crippen LogP contribution in [0.2, 0.25) is 0 Å². The lowest BCUT2D eigenvalue weighted by molar-refractivity contribution is -0.143. The zero-order valence-electron chi connectivity index (χ0n) is 26.5. The summed E-state index contributed by atoms with van der Waals surface area (Å²) in [6.07, 6.45) is 9.71. The molecule has 4 N–H and O–H groups in total. The van der Waals surface area contributed by atoms with Crippen LogP contribution in [-0.2, 0) is 25.9 Å². The number of nitrogens with zero attached hydrogens (tertiary/aromatic N) is 2. The Labute approximate surface area is 277 Å². The minimum Gasteiger partial charge on any atom is -0.484 e. The number of ether oxygens (including phenoxy) is 2. The Kier molecular flexibility index (Phi) is 13.3. The molecule has 1 atom stereocenters. The number of carbonyl (C=O) groups is 3. The fourth-order valence-electron chi connectivity index (χ4n) is 4.70. The van der Waals surface area contributed by atoms with Crippen molar-refractivity contribution in [2.24, 2.45) is 0 Å². The minimum absolute atomic E-state index is 0.110. The highest BCUT2D eigenvalue weighted by Gasteiger charge is 2.20. The number of nitrogens with one attached hydrogen (secondary N) is 2. The smallest absolute Gasteiger partial charge is 0.328 e. The van der Waals surface area contributed by atoms with Gasteiger partial charge in [-0.1, -0.05) is 50.5 Å². The Bertz CT molecular complexity index is 1650. The summed E-state index contributed by atoms with van der Waals surface area (Å²) in [5, 5.41) is 24.1. The van der Waals surface area contributed by atoms with Crippen molar-refractivity contribution in [3.8, 4) is 38.1 Å². The van der Waals surface area contributed by atoms with E-state index in [2.05, 4.69) is 17.6 Å². The molecule has 0 aliphatic carbocycles. The first-order chi connectivity index (χ1) is 22.8. The number of carbonyl (C=O) groups excluding carboxylic acids is 2. The third-order valence-corrected chi connectivity index (χ3v) is 8.31. The summed E-state index contributed by atoms with van der Waals surface area (Å²) in [6.45, 7) is 2.08. The van der Waals surface area contributed by atoms with E-state index in [1.807, 2.05) is 59.3 Å². The Balaban J connectivity index is 1.53. The van der Waals surface area contributed by atoms with Crippen molar-refractivity contribution in [1.82, 2.24) is 20.2 Å². The molecule has 0 saturated heterocycles. The number of hydrogen-bond acceptors (Lipinski definition) is 8. The van der Waals surface area contributed by atoms with Crippen LogP contribution in [0.1, 0.15) is 38.2 Å². The van der Waals surface area contributed by atoms with E-state index in [0.29, 0.717) is 19.0 Å². The van der Waals surface area contributed by atoms with E-state index in [9.17, 15) is 14.4 Å². The second-order valence-corrected chi connectivity index (χ2v) is 11.7. The third-order valence-electron chi connectivity index (χ3n) is 7.19. The van der Waals surface area contributed by atoms with Crippen LogP contribution >= 0.6 is 11.3 Å². The number of aromatic nitrogens is 2. The molecule has 47 heavy (non-hydrogen) atoms. The topological polar surface area (TPSA) is 152 Å². The lowest BCUT2D eigenvalue weighted by Crippen LogP contribution is -2.45. The first-order valence-electron chi connectivity index (χ1n) is 15.4. The van der Waals surface area contributed by atoms with E-state index in [0.717, 1.165) is 57.2 Å².